The van der Waals surface area contributed by atoms with Gasteiger partial charge in [-0.05, 0) is 59.5 Å². The highest BCUT2D eigenvalue weighted by atomic mass is 127. The van der Waals surface area contributed by atoms with Crippen LogP contribution in [0.2, 0.25) is 0 Å². The van der Waals surface area contributed by atoms with Crippen LogP contribution in [0.3, 0.4) is 0 Å². The van der Waals surface area contributed by atoms with E-state index in [2.05, 4.69) is 41.6 Å². The Bertz CT molecular complexity index is 482. The van der Waals surface area contributed by atoms with E-state index in [1.54, 1.807) is 0 Å². The van der Waals surface area contributed by atoms with Crippen molar-refractivity contribution >= 4 is 36.0 Å². The van der Waals surface area contributed by atoms with Crippen molar-refractivity contribution in [3.05, 3.63) is 0 Å². The number of ether oxygens (including phenoxy) is 1. The van der Waals surface area contributed by atoms with Gasteiger partial charge in [0.1, 0.15) is 5.60 Å². The lowest BCUT2D eigenvalue weighted by molar-refractivity contribution is 0.0522. The average molecular weight is 526 g/mol. The number of nitrogens with zero attached hydrogens (tertiary/aromatic N) is 2. The van der Waals surface area contributed by atoms with E-state index in [9.17, 15) is 4.79 Å². The minimum absolute atomic E-state index is 0. The zero-order chi connectivity index (χ0) is 21.0. The molecule has 8 heteroatoms. The molecule has 1 fully saturated rings. The van der Waals surface area contributed by atoms with Gasteiger partial charge in [0.15, 0.2) is 5.96 Å². The summed E-state index contributed by atoms with van der Waals surface area (Å²) in [6.07, 6.45) is 4.04. The highest BCUT2D eigenvalue weighted by Gasteiger charge is 2.21. The lowest BCUT2D eigenvalue weighted by atomic mass is 10.1. The molecule has 2 unspecified atom stereocenters. The molecule has 2 atom stereocenters. The zero-order valence-corrected chi connectivity index (χ0v) is 21.7. The van der Waals surface area contributed by atoms with Crippen LogP contribution in [0.25, 0.3) is 0 Å². The van der Waals surface area contributed by atoms with Crippen LogP contribution >= 0.6 is 24.0 Å². The second-order valence-corrected chi connectivity index (χ2v) is 8.63. The highest BCUT2D eigenvalue weighted by Crippen LogP contribution is 2.15. The number of halogens is 1. The van der Waals surface area contributed by atoms with E-state index in [1.807, 2.05) is 20.8 Å². The maximum Gasteiger partial charge on any atom is 0.407 e. The lowest BCUT2D eigenvalue weighted by Crippen LogP contribution is -2.49. The second kappa shape index (κ2) is 15.1. The van der Waals surface area contributed by atoms with Gasteiger partial charge in [0.25, 0.3) is 0 Å². The molecule has 1 aliphatic heterocycles. The van der Waals surface area contributed by atoms with E-state index in [4.69, 9.17) is 9.73 Å². The van der Waals surface area contributed by atoms with Crippen LogP contribution in [-0.4, -0.2) is 67.9 Å². The summed E-state index contributed by atoms with van der Waals surface area (Å²) in [6.45, 7) is 17.7. The molecule has 0 radical (unpaired) electrons. The van der Waals surface area contributed by atoms with Gasteiger partial charge in [0, 0.05) is 32.2 Å². The molecule has 0 saturated carbocycles. The Kier molecular flexibility index (Phi) is 14.7. The van der Waals surface area contributed by atoms with Crippen molar-refractivity contribution in [2.75, 3.05) is 39.3 Å². The molecule has 0 aromatic carbocycles. The van der Waals surface area contributed by atoms with Crippen LogP contribution in [0.4, 0.5) is 4.79 Å². The van der Waals surface area contributed by atoms with Gasteiger partial charge < -0.3 is 25.6 Å². The Balaban J connectivity index is 0.00000784. The van der Waals surface area contributed by atoms with E-state index < -0.39 is 5.60 Å². The van der Waals surface area contributed by atoms with Crippen LogP contribution in [0.15, 0.2) is 4.99 Å². The molecule has 172 valence electrons. The van der Waals surface area contributed by atoms with Gasteiger partial charge in [-0.25, -0.2) is 4.79 Å². The van der Waals surface area contributed by atoms with E-state index in [1.165, 1.54) is 13.0 Å². The SMILES string of the molecule is CCCCC(CNC(=O)OC(C)(C)C)NC(=NCC1CCN(CC)C1)NCC.I. The lowest BCUT2D eigenvalue weighted by Gasteiger charge is -2.24. The van der Waals surface area contributed by atoms with Crippen molar-refractivity contribution < 1.29 is 9.53 Å². The molecule has 0 spiro atoms. The first kappa shape index (κ1) is 28.2. The van der Waals surface area contributed by atoms with Gasteiger partial charge in [-0.3, -0.25) is 4.99 Å². The van der Waals surface area contributed by atoms with Gasteiger partial charge in [0.2, 0.25) is 0 Å². The monoisotopic (exact) mass is 525 g/mol. The molecule has 3 N–H and O–H groups in total. The third-order valence-corrected chi connectivity index (χ3v) is 4.81. The Morgan fingerprint density at radius 3 is 2.52 bits per heavy atom. The van der Waals surface area contributed by atoms with Gasteiger partial charge in [-0.2, -0.15) is 0 Å². The van der Waals surface area contributed by atoms with Crippen molar-refractivity contribution in [3.8, 4) is 0 Å². The smallest absolute Gasteiger partial charge is 0.407 e. The molecule has 29 heavy (non-hydrogen) atoms. The maximum atomic E-state index is 12.0. The summed E-state index contributed by atoms with van der Waals surface area (Å²) in [6, 6.07) is 0.126. The van der Waals surface area contributed by atoms with Crippen molar-refractivity contribution in [2.24, 2.45) is 10.9 Å². The van der Waals surface area contributed by atoms with E-state index in [0.29, 0.717) is 12.5 Å². The number of carbonyl (C=O) groups is 1. The summed E-state index contributed by atoms with van der Waals surface area (Å²) in [7, 11) is 0. The van der Waals surface area contributed by atoms with Crippen molar-refractivity contribution in [3.63, 3.8) is 0 Å². The van der Waals surface area contributed by atoms with Gasteiger partial charge in [0.05, 0.1) is 0 Å². The number of aliphatic imine (C=N–C) groups is 1. The van der Waals surface area contributed by atoms with Crippen LogP contribution < -0.4 is 16.0 Å². The molecule has 1 heterocycles. The molecular weight excluding hydrogens is 481 g/mol. The molecule has 7 nitrogen and oxygen atoms in total. The number of amides is 1. The Hall–Kier alpha value is -0.770. The van der Waals surface area contributed by atoms with E-state index in [-0.39, 0.29) is 36.1 Å². The molecule has 0 aromatic heterocycles. The van der Waals surface area contributed by atoms with E-state index in [0.717, 1.165) is 51.4 Å². The largest absolute Gasteiger partial charge is 0.444 e. The number of unbranched alkanes of at least 4 members (excludes halogenated alkanes) is 1. The topological polar surface area (TPSA) is 78.0 Å². The van der Waals surface area contributed by atoms with E-state index >= 15 is 0 Å². The Morgan fingerprint density at radius 2 is 1.97 bits per heavy atom. The fourth-order valence-electron chi connectivity index (χ4n) is 3.28. The first-order valence-electron chi connectivity index (χ1n) is 11.0. The third-order valence-electron chi connectivity index (χ3n) is 4.81. The summed E-state index contributed by atoms with van der Waals surface area (Å²) < 4.78 is 5.35. The molecule has 0 aromatic rings. The number of rotatable bonds is 10. The highest BCUT2D eigenvalue weighted by molar-refractivity contribution is 14.0. The van der Waals surface area contributed by atoms with Crippen molar-refractivity contribution in [1.82, 2.24) is 20.9 Å². The third kappa shape index (κ3) is 13.2. The average Bonchev–Trinajstić information content (AvgIpc) is 3.08. The number of nitrogens with one attached hydrogen (secondary N) is 3. The van der Waals surface area contributed by atoms with Gasteiger partial charge >= 0.3 is 6.09 Å². The molecule has 0 aliphatic carbocycles. The van der Waals surface area contributed by atoms with Crippen molar-refractivity contribution in [2.45, 2.75) is 78.9 Å². The fourth-order valence-corrected chi connectivity index (χ4v) is 3.28. The van der Waals surface area contributed by atoms with Crippen LogP contribution in [-0.2, 0) is 4.74 Å². The first-order valence-corrected chi connectivity index (χ1v) is 11.0. The number of alkyl carbamates (subject to hydrolysis) is 1. The number of likely N-dealkylation sites (tertiary alicyclic amines) is 1. The zero-order valence-electron chi connectivity index (χ0n) is 19.3. The summed E-state index contributed by atoms with van der Waals surface area (Å²) in [5.74, 6) is 1.47. The van der Waals surface area contributed by atoms with Crippen LogP contribution in [0.5, 0.6) is 0 Å². The minimum Gasteiger partial charge on any atom is -0.444 e. The summed E-state index contributed by atoms with van der Waals surface area (Å²) in [5.41, 5.74) is -0.486. The Morgan fingerprint density at radius 1 is 1.24 bits per heavy atom. The summed E-state index contributed by atoms with van der Waals surface area (Å²) in [5, 5.41) is 9.75. The molecule has 1 aliphatic rings. The normalized spacial score (nSPS) is 18.7. The molecule has 1 saturated heterocycles. The number of hydrogen-bond donors (Lipinski definition) is 3. The summed E-state index contributed by atoms with van der Waals surface area (Å²) in [4.78, 5) is 19.3. The van der Waals surface area contributed by atoms with Gasteiger partial charge in [-0.15, -0.1) is 24.0 Å². The summed E-state index contributed by atoms with van der Waals surface area (Å²) >= 11 is 0. The second-order valence-electron chi connectivity index (χ2n) is 8.63. The predicted octanol–water partition coefficient (Wildman–Crippen LogP) is 3.58. The maximum absolute atomic E-state index is 12.0. The van der Waals surface area contributed by atoms with Crippen molar-refractivity contribution in [1.29, 1.82) is 0 Å². The van der Waals surface area contributed by atoms with Gasteiger partial charge in [-0.1, -0.05) is 26.7 Å². The molecule has 1 rings (SSSR count). The number of carbonyl (C=O) groups excluding carboxylic acids is 1. The Labute approximate surface area is 195 Å². The quantitative estimate of drug-likeness (QED) is 0.231. The fraction of sp³-hybridized carbons (Fsp3) is 0.905. The molecular formula is C21H44IN5O2. The predicted molar refractivity (Wildman–Crippen MR) is 132 cm³/mol. The number of guanidine groups is 1. The molecule has 0 bridgehead atoms. The minimum atomic E-state index is -0.486. The number of hydrogen-bond acceptors (Lipinski definition) is 4. The molecule has 1 amide bonds. The standard InChI is InChI=1S/C21H43N5O2.HI/c1-7-10-11-18(15-24-20(27)28-21(4,5)6)25-19(22-8-2)23-14-17-12-13-26(9-3)16-17;/h17-18H,7-16H2,1-6H3,(H,24,27)(H2,22,23,25);1H. The van der Waals surface area contributed by atoms with Crippen LogP contribution in [0, 0.1) is 5.92 Å². The first-order chi connectivity index (χ1) is 13.3. The van der Waals surface area contributed by atoms with Crippen LogP contribution in [0.1, 0.15) is 67.2 Å².